The molecule has 6 heteroatoms. The molecule has 1 aromatic rings. The monoisotopic (exact) mass is 336 g/mol. The molecule has 116 valence electrons. The number of halogens is 1. The molecule has 2 aliphatic heterocycles. The molecular formula is C16H17ClN2O2S. The Hall–Kier alpha value is -1.30. The maximum Gasteiger partial charge on any atom is 0.286 e. The molecule has 0 aromatic heterocycles. The third-order valence-electron chi connectivity index (χ3n) is 3.47. The Morgan fingerprint density at radius 3 is 2.55 bits per heavy atom. The normalized spacial score (nSPS) is 27.4. The van der Waals surface area contributed by atoms with Crippen molar-refractivity contribution in [2.45, 2.75) is 26.1 Å². The highest BCUT2D eigenvalue weighted by Gasteiger charge is 2.30. The van der Waals surface area contributed by atoms with Crippen LogP contribution in [0.3, 0.4) is 0 Å². The second-order valence-electron chi connectivity index (χ2n) is 5.52. The van der Waals surface area contributed by atoms with Crippen molar-refractivity contribution in [2.24, 2.45) is 4.99 Å². The summed E-state index contributed by atoms with van der Waals surface area (Å²) in [6.07, 6.45) is 2.14. The first-order chi connectivity index (χ1) is 10.5. The van der Waals surface area contributed by atoms with E-state index < -0.39 is 0 Å². The van der Waals surface area contributed by atoms with Crippen LogP contribution in [0.4, 0.5) is 0 Å². The van der Waals surface area contributed by atoms with E-state index in [0.29, 0.717) is 9.93 Å². The van der Waals surface area contributed by atoms with Gasteiger partial charge in [0.2, 0.25) is 0 Å². The van der Waals surface area contributed by atoms with E-state index in [0.717, 1.165) is 23.8 Å². The maximum absolute atomic E-state index is 12.1. The molecule has 0 bridgehead atoms. The van der Waals surface area contributed by atoms with E-state index in [1.54, 1.807) is 0 Å². The summed E-state index contributed by atoms with van der Waals surface area (Å²) in [6, 6.07) is 7.40. The van der Waals surface area contributed by atoms with Crippen LogP contribution in [0.2, 0.25) is 5.02 Å². The molecule has 1 fully saturated rings. The Balaban J connectivity index is 1.74. The predicted molar refractivity (Wildman–Crippen MR) is 91.0 cm³/mol. The van der Waals surface area contributed by atoms with Gasteiger partial charge in [0.1, 0.15) is 0 Å². The number of rotatable bonds is 1. The fourth-order valence-corrected chi connectivity index (χ4v) is 3.64. The van der Waals surface area contributed by atoms with Gasteiger partial charge in [-0.1, -0.05) is 23.7 Å². The lowest BCUT2D eigenvalue weighted by molar-refractivity contribution is -0.113. The summed E-state index contributed by atoms with van der Waals surface area (Å²) in [5, 5.41) is 1.45. The molecule has 22 heavy (non-hydrogen) atoms. The molecule has 0 saturated carbocycles. The molecular weight excluding hydrogens is 320 g/mol. The SMILES string of the molecule is C[C@@H]1CN(C2=NC(=O)/C(=C/c3ccc(Cl)cc3)S2)C[C@@H](C)O1. The van der Waals surface area contributed by atoms with Crippen LogP contribution in [0.1, 0.15) is 19.4 Å². The van der Waals surface area contributed by atoms with Crippen LogP contribution in [-0.4, -0.2) is 41.3 Å². The minimum Gasteiger partial charge on any atom is -0.372 e. The molecule has 2 heterocycles. The Labute approximate surface area is 139 Å². The van der Waals surface area contributed by atoms with Gasteiger partial charge in [0.05, 0.1) is 17.1 Å². The Morgan fingerprint density at radius 1 is 1.27 bits per heavy atom. The van der Waals surface area contributed by atoms with Gasteiger partial charge in [-0.3, -0.25) is 4.79 Å². The number of amides is 1. The van der Waals surface area contributed by atoms with Crippen molar-refractivity contribution in [1.82, 2.24) is 4.90 Å². The summed E-state index contributed by atoms with van der Waals surface area (Å²) in [6.45, 7) is 5.60. The van der Waals surface area contributed by atoms with Gasteiger partial charge in [0, 0.05) is 18.1 Å². The maximum atomic E-state index is 12.1. The van der Waals surface area contributed by atoms with Crippen LogP contribution in [-0.2, 0) is 9.53 Å². The highest BCUT2D eigenvalue weighted by Crippen LogP contribution is 2.31. The Morgan fingerprint density at radius 2 is 1.91 bits per heavy atom. The lowest BCUT2D eigenvalue weighted by Crippen LogP contribution is -2.47. The molecule has 0 spiro atoms. The van der Waals surface area contributed by atoms with Crippen LogP contribution < -0.4 is 0 Å². The first-order valence-corrected chi connectivity index (χ1v) is 8.39. The number of benzene rings is 1. The van der Waals surface area contributed by atoms with Crippen molar-refractivity contribution in [3.8, 4) is 0 Å². The third-order valence-corrected chi connectivity index (χ3v) is 4.76. The lowest BCUT2D eigenvalue weighted by atomic mass is 10.2. The predicted octanol–water partition coefficient (Wildman–Crippen LogP) is 3.42. The van der Waals surface area contributed by atoms with E-state index in [1.807, 2.05) is 44.2 Å². The van der Waals surface area contributed by atoms with Gasteiger partial charge in [-0.15, -0.1) is 0 Å². The summed E-state index contributed by atoms with van der Waals surface area (Å²) in [4.78, 5) is 19.1. The zero-order valence-corrected chi connectivity index (χ0v) is 14.0. The van der Waals surface area contributed by atoms with Crippen molar-refractivity contribution in [3.63, 3.8) is 0 Å². The van der Waals surface area contributed by atoms with Gasteiger partial charge >= 0.3 is 0 Å². The fraction of sp³-hybridized carbons (Fsp3) is 0.375. The quantitative estimate of drug-likeness (QED) is 0.737. The minimum absolute atomic E-state index is 0.145. The molecule has 1 amide bonds. The number of morpholine rings is 1. The van der Waals surface area contributed by atoms with Crippen molar-refractivity contribution in [1.29, 1.82) is 0 Å². The number of hydrogen-bond donors (Lipinski definition) is 0. The molecule has 1 aromatic carbocycles. The summed E-state index contributed by atoms with van der Waals surface area (Å²) in [5.41, 5.74) is 0.945. The van der Waals surface area contributed by atoms with Crippen molar-refractivity contribution in [2.75, 3.05) is 13.1 Å². The summed E-state index contributed by atoms with van der Waals surface area (Å²) in [7, 11) is 0. The minimum atomic E-state index is -0.179. The van der Waals surface area contributed by atoms with Crippen molar-refractivity contribution in [3.05, 3.63) is 39.8 Å². The molecule has 0 unspecified atom stereocenters. The average Bonchev–Trinajstić information content (AvgIpc) is 2.82. The van der Waals surface area contributed by atoms with Gasteiger partial charge in [-0.05, 0) is 49.4 Å². The number of aliphatic imine (C=N–C) groups is 1. The van der Waals surface area contributed by atoms with Crippen LogP contribution in [0, 0.1) is 0 Å². The topological polar surface area (TPSA) is 41.9 Å². The first kappa shape index (κ1) is 15.6. The average molecular weight is 337 g/mol. The highest BCUT2D eigenvalue weighted by atomic mass is 35.5. The van der Waals surface area contributed by atoms with E-state index in [2.05, 4.69) is 9.89 Å². The van der Waals surface area contributed by atoms with Crippen LogP contribution >= 0.6 is 23.4 Å². The molecule has 3 rings (SSSR count). The number of carbonyl (C=O) groups excluding carboxylic acids is 1. The standard InChI is InChI=1S/C16H17ClN2O2S/c1-10-8-19(9-11(2)21-10)16-18-15(20)14(22-16)7-12-3-5-13(17)6-4-12/h3-7,10-11H,8-9H2,1-2H3/b14-7-/t10-,11-/m1/s1. The number of thioether (sulfide) groups is 1. The smallest absolute Gasteiger partial charge is 0.286 e. The van der Waals surface area contributed by atoms with E-state index >= 15 is 0 Å². The Kier molecular flexibility index (Phi) is 4.57. The van der Waals surface area contributed by atoms with E-state index in [1.165, 1.54) is 11.8 Å². The van der Waals surface area contributed by atoms with E-state index in [4.69, 9.17) is 16.3 Å². The fourth-order valence-electron chi connectivity index (χ4n) is 2.58. The largest absolute Gasteiger partial charge is 0.372 e. The summed E-state index contributed by atoms with van der Waals surface area (Å²) < 4.78 is 5.72. The van der Waals surface area contributed by atoms with Gasteiger partial charge in [0.15, 0.2) is 5.17 Å². The van der Waals surface area contributed by atoms with Gasteiger partial charge in [0.25, 0.3) is 5.91 Å². The third kappa shape index (κ3) is 3.54. The number of ether oxygens (including phenoxy) is 1. The molecule has 1 saturated heterocycles. The second-order valence-corrected chi connectivity index (χ2v) is 6.97. The van der Waals surface area contributed by atoms with Crippen molar-refractivity contribution >= 4 is 40.5 Å². The van der Waals surface area contributed by atoms with Gasteiger partial charge in [-0.2, -0.15) is 4.99 Å². The summed E-state index contributed by atoms with van der Waals surface area (Å²) >= 11 is 7.30. The molecule has 2 aliphatic rings. The van der Waals surface area contributed by atoms with Crippen molar-refractivity contribution < 1.29 is 9.53 Å². The number of hydrogen-bond acceptors (Lipinski definition) is 4. The van der Waals surface area contributed by atoms with Crippen LogP contribution in [0.25, 0.3) is 6.08 Å². The molecule has 4 nitrogen and oxygen atoms in total. The zero-order chi connectivity index (χ0) is 15.7. The Bertz CT molecular complexity index is 632. The number of amidine groups is 1. The van der Waals surface area contributed by atoms with Gasteiger partial charge in [-0.25, -0.2) is 0 Å². The van der Waals surface area contributed by atoms with Gasteiger partial charge < -0.3 is 9.64 Å². The lowest BCUT2D eigenvalue weighted by Gasteiger charge is -2.35. The molecule has 2 atom stereocenters. The van der Waals surface area contributed by atoms with Crippen LogP contribution in [0.5, 0.6) is 0 Å². The highest BCUT2D eigenvalue weighted by molar-refractivity contribution is 8.18. The summed E-state index contributed by atoms with van der Waals surface area (Å²) in [5.74, 6) is -0.179. The zero-order valence-electron chi connectivity index (χ0n) is 12.5. The number of carbonyl (C=O) groups is 1. The molecule has 0 radical (unpaired) electrons. The van der Waals surface area contributed by atoms with E-state index in [9.17, 15) is 4.79 Å². The van der Waals surface area contributed by atoms with Crippen LogP contribution in [0.15, 0.2) is 34.2 Å². The first-order valence-electron chi connectivity index (χ1n) is 7.20. The number of nitrogens with zero attached hydrogens (tertiary/aromatic N) is 2. The molecule has 0 N–H and O–H groups in total. The van der Waals surface area contributed by atoms with E-state index in [-0.39, 0.29) is 18.1 Å². The molecule has 0 aliphatic carbocycles. The second kappa shape index (κ2) is 6.44.